The van der Waals surface area contributed by atoms with E-state index in [0.717, 1.165) is 22.0 Å². The van der Waals surface area contributed by atoms with Crippen LogP contribution in [0.2, 0.25) is 0 Å². The van der Waals surface area contributed by atoms with Crippen LogP contribution in [-0.2, 0) is 0 Å². The molecule has 3 rings (SSSR count). The number of benzene rings is 3. The van der Waals surface area contributed by atoms with Gasteiger partial charge >= 0.3 is 0 Å². The van der Waals surface area contributed by atoms with Gasteiger partial charge in [0.1, 0.15) is 11.5 Å². The molecule has 23 heavy (non-hydrogen) atoms. The number of rotatable bonds is 4. The van der Waals surface area contributed by atoms with Crippen LogP contribution in [0.25, 0.3) is 0 Å². The predicted molar refractivity (Wildman–Crippen MR) is 99.1 cm³/mol. The van der Waals surface area contributed by atoms with Crippen molar-refractivity contribution in [1.29, 1.82) is 0 Å². The molecule has 3 aromatic rings. The Balaban J connectivity index is 1.75. The van der Waals surface area contributed by atoms with Crippen molar-refractivity contribution in [2.24, 2.45) is 0 Å². The van der Waals surface area contributed by atoms with Crippen molar-refractivity contribution < 1.29 is 4.74 Å². The first-order valence-corrected chi connectivity index (χ1v) is 7.75. The number of ether oxygens (including phenoxy) is 1. The lowest BCUT2D eigenvalue weighted by atomic mass is 10.2. The van der Waals surface area contributed by atoms with Gasteiger partial charge in [-0.3, -0.25) is 0 Å². The average Bonchev–Trinajstić information content (AvgIpc) is 2.54. The summed E-state index contributed by atoms with van der Waals surface area (Å²) in [7, 11) is 0. The summed E-state index contributed by atoms with van der Waals surface area (Å²) in [6.45, 7) is 2.04. The van der Waals surface area contributed by atoms with Gasteiger partial charge in [-0.25, -0.2) is 0 Å². The number of nitrogen functional groups attached to an aromatic ring is 1. The van der Waals surface area contributed by atoms with E-state index in [1.165, 1.54) is 5.56 Å². The second kappa shape index (κ2) is 6.67. The van der Waals surface area contributed by atoms with E-state index in [9.17, 15) is 0 Å². The van der Waals surface area contributed by atoms with Gasteiger partial charge in [0.2, 0.25) is 0 Å². The van der Waals surface area contributed by atoms with Crippen LogP contribution in [0.3, 0.4) is 0 Å². The van der Waals surface area contributed by atoms with E-state index in [1.807, 2.05) is 73.7 Å². The fraction of sp³-hybridized carbons (Fsp3) is 0.0526. The summed E-state index contributed by atoms with van der Waals surface area (Å²) < 4.78 is 5.82. The molecule has 4 heteroatoms. The molecule has 0 spiro atoms. The first-order valence-electron chi connectivity index (χ1n) is 7.30. The quantitative estimate of drug-likeness (QED) is 0.445. The Morgan fingerprint density at radius 2 is 1.52 bits per heavy atom. The third-order valence-corrected chi connectivity index (χ3v) is 3.72. The molecule has 0 amide bonds. The third kappa shape index (κ3) is 3.99. The monoisotopic (exact) mass is 322 g/mol. The first kappa shape index (κ1) is 15.3. The summed E-state index contributed by atoms with van der Waals surface area (Å²) in [5.41, 5.74) is 9.75. The number of hydrogen-bond acceptors (Lipinski definition) is 4. The second-order valence-corrected chi connectivity index (χ2v) is 5.85. The fourth-order valence-corrected chi connectivity index (χ4v) is 2.31. The Hall–Kier alpha value is -2.59. The Morgan fingerprint density at radius 3 is 2.17 bits per heavy atom. The molecule has 0 saturated carbocycles. The average molecular weight is 322 g/mol. The summed E-state index contributed by atoms with van der Waals surface area (Å²) >= 11 is 4.28. The number of nitrogens with two attached hydrogens (primary N) is 1. The molecule has 0 atom stereocenters. The minimum absolute atomic E-state index is 0.629. The zero-order valence-corrected chi connectivity index (χ0v) is 13.7. The predicted octanol–water partition coefficient (Wildman–Crippen LogP) is 5.40. The van der Waals surface area contributed by atoms with Crippen LogP contribution >= 0.6 is 12.6 Å². The van der Waals surface area contributed by atoms with Gasteiger partial charge in [0.15, 0.2) is 0 Å². The molecule has 0 aliphatic heterocycles. The molecule has 3 nitrogen and oxygen atoms in total. The van der Waals surface area contributed by atoms with Gasteiger partial charge in [-0.2, -0.15) is 0 Å². The largest absolute Gasteiger partial charge is 0.457 e. The SMILES string of the molecule is Cc1ccc(Oc2ccc(Nc3ccc(S)cc3)c(N)c2)cc1. The summed E-state index contributed by atoms with van der Waals surface area (Å²) in [6.07, 6.45) is 0. The topological polar surface area (TPSA) is 47.3 Å². The summed E-state index contributed by atoms with van der Waals surface area (Å²) in [5.74, 6) is 1.50. The molecule has 0 bridgehead atoms. The van der Waals surface area contributed by atoms with E-state index < -0.39 is 0 Å². The zero-order valence-electron chi connectivity index (χ0n) is 12.8. The lowest BCUT2D eigenvalue weighted by molar-refractivity contribution is 0.483. The van der Waals surface area contributed by atoms with Gasteiger partial charge in [0.05, 0.1) is 11.4 Å². The molecule has 0 aliphatic carbocycles. The number of anilines is 3. The van der Waals surface area contributed by atoms with E-state index in [4.69, 9.17) is 10.5 Å². The molecular weight excluding hydrogens is 304 g/mol. The molecule has 3 aromatic carbocycles. The van der Waals surface area contributed by atoms with Crippen molar-refractivity contribution in [2.45, 2.75) is 11.8 Å². The lowest BCUT2D eigenvalue weighted by Gasteiger charge is -2.12. The Kier molecular flexibility index (Phi) is 4.44. The molecular formula is C19H18N2OS. The van der Waals surface area contributed by atoms with Gasteiger partial charge in [-0.05, 0) is 55.5 Å². The molecule has 0 saturated heterocycles. The number of aryl methyl sites for hydroxylation is 1. The highest BCUT2D eigenvalue weighted by atomic mass is 32.1. The fourth-order valence-electron chi connectivity index (χ4n) is 2.16. The van der Waals surface area contributed by atoms with Crippen LogP contribution in [-0.4, -0.2) is 0 Å². The van der Waals surface area contributed by atoms with Crippen LogP contribution < -0.4 is 15.8 Å². The summed E-state index contributed by atoms with van der Waals surface area (Å²) in [4.78, 5) is 0.922. The second-order valence-electron chi connectivity index (χ2n) is 5.34. The summed E-state index contributed by atoms with van der Waals surface area (Å²) in [5, 5.41) is 3.28. The van der Waals surface area contributed by atoms with Crippen LogP contribution in [0.5, 0.6) is 11.5 Å². The van der Waals surface area contributed by atoms with Crippen LogP contribution in [0.1, 0.15) is 5.56 Å². The minimum atomic E-state index is 0.629. The lowest BCUT2D eigenvalue weighted by Crippen LogP contribution is -1.97. The highest BCUT2D eigenvalue weighted by molar-refractivity contribution is 7.80. The molecule has 3 N–H and O–H groups in total. The first-order chi connectivity index (χ1) is 11.1. The van der Waals surface area contributed by atoms with Crippen molar-refractivity contribution in [3.63, 3.8) is 0 Å². The van der Waals surface area contributed by atoms with Gasteiger partial charge in [0, 0.05) is 16.6 Å². The normalized spacial score (nSPS) is 10.3. The number of nitrogens with one attached hydrogen (secondary N) is 1. The Labute approximate surface area is 141 Å². The third-order valence-electron chi connectivity index (χ3n) is 3.43. The molecule has 0 unspecified atom stereocenters. The van der Waals surface area contributed by atoms with Crippen molar-refractivity contribution in [1.82, 2.24) is 0 Å². The number of thiol groups is 1. The van der Waals surface area contributed by atoms with Gasteiger partial charge in [-0.1, -0.05) is 17.7 Å². The molecule has 116 valence electrons. The van der Waals surface area contributed by atoms with E-state index >= 15 is 0 Å². The molecule has 0 radical (unpaired) electrons. The van der Waals surface area contributed by atoms with Crippen molar-refractivity contribution in [2.75, 3.05) is 11.1 Å². The van der Waals surface area contributed by atoms with Crippen LogP contribution in [0.15, 0.2) is 71.6 Å². The smallest absolute Gasteiger partial charge is 0.129 e. The van der Waals surface area contributed by atoms with Crippen LogP contribution in [0, 0.1) is 6.92 Å². The van der Waals surface area contributed by atoms with E-state index in [-0.39, 0.29) is 0 Å². The summed E-state index contributed by atoms with van der Waals surface area (Å²) in [6, 6.07) is 21.3. The maximum Gasteiger partial charge on any atom is 0.129 e. The van der Waals surface area contributed by atoms with Crippen molar-refractivity contribution in [3.05, 3.63) is 72.3 Å². The highest BCUT2D eigenvalue weighted by Crippen LogP contribution is 2.30. The van der Waals surface area contributed by atoms with E-state index in [1.54, 1.807) is 0 Å². The molecule has 0 aliphatic rings. The zero-order chi connectivity index (χ0) is 16.2. The molecule has 0 heterocycles. The van der Waals surface area contributed by atoms with E-state index in [2.05, 4.69) is 17.9 Å². The van der Waals surface area contributed by atoms with Crippen molar-refractivity contribution in [3.8, 4) is 11.5 Å². The maximum atomic E-state index is 6.12. The number of hydrogen-bond donors (Lipinski definition) is 3. The minimum Gasteiger partial charge on any atom is -0.457 e. The van der Waals surface area contributed by atoms with Crippen molar-refractivity contribution >= 4 is 29.7 Å². The van der Waals surface area contributed by atoms with Gasteiger partial charge in [-0.15, -0.1) is 12.6 Å². The Bertz CT molecular complexity index is 799. The standard InChI is InChI=1S/C19H18N2OS/c1-13-2-6-15(7-3-13)22-16-8-11-19(18(20)12-16)21-14-4-9-17(23)10-5-14/h2-12,21,23H,20H2,1H3. The van der Waals surface area contributed by atoms with Crippen LogP contribution in [0.4, 0.5) is 17.1 Å². The van der Waals surface area contributed by atoms with Gasteiger partial charge < -0.3 is 15.8 Å². The maximum absolute atomic E-state index is 6.12. The van der Waals surface area contributed by atoms with Gasteiger partial charge in [0.25, 0.3) is 0 Å². The Morgan fingerprint density at radius 1 is 0.870 bits per heavy atom. The molecule has 0 aromatic heterocycles. The highest BCUT2D eigenvalue weighted by Gasteiger charge is 2.04. The molecule has 0 fully saturated rings. The van der Waals surface area contributed by atoms with E-state index in [0.29, 0.717) is 11.4 Å².